The normalized spacial score (nSPS) is 13.2. The molecule has 1 atom stereocenters. The molecule has 6 nitrogen and oxygen atoms in total. The number of hydrogen-bond acceptors (Lipinski definition) is 4. The molecule has 0 radical (unpaired) electrons. The van der Waals surface area contributed by atoms with Crippen LogP contribution in [0, 0.1) is 0 Å². The number of aliphatic hydroxyl groups is 1. The van der Waals surface area contributed by atoms with Crippen molar-refractivity contribution < 1.29 is 9.90 Å². The van der Waals surface area contributed by atoms with Crippen molar-refractivity contribution in [3.63, 3.8) is 0 Å². The maximum Gasteiger partial charge on any atom is 0.224 e. The first-order chi connectivity index (χ1) is 14.1. The average molecular weight is 401 g/mol. The van der Waals surface area contributed by atoms with Crippen LogP contribution in [-0.4, -0.2) is 40.3 Å². The largest absolute Gasteiger partial charge is 0.394 e. The molecule has 2 rings (SSSR count). The summed E-state index contributed by atoms with van der Waals surface area (Å²) in [6, 6.07) is 7.96. The van der Waals surface area contributed by atoms with Crippen molar-refractivity contribution in [2.75, 3.05) is 19.7 Å². The van der Waals surface area contributed by atoms with E-state index in [1.165, 1.54) is 19.3 Å². The highest BCUT2D eigenvalue weighted by Gasteiger charge is 2.24. The van der Waals surface area contributed by atoms with E-state index in [9.17, 15) is 9.90 Å². The number of carbonyl (C=O) groups is 1. The van der Waals surface area contributed by atoms with Gasteiger partial charge in [-0.25, -0.2) is 4.98 Å². The Kier molecular flexibility index (Phi) is 9.88. The molecule has 0 fully saturated rings. The van der Waals surface area contributed by atoms with Gasteiger partial charge in [0.1, 0.15) is 0 Å². The highest BCUT2D eigenvalue weighted by molar-refractivity contribution is 5.78. The van der Waals surface area contributed by atoms with Gasteiger partial charge in [-0.3, -0.25) is 4.79 Å². The van der Waals surface area contributed by atoms with Crippen molar-refractivity contribution in [2.45, 2.75) is 64.5 Å². The Morgan fingerprint density at radius 1 is 1.14 bits per heavy atom. The van der Waals surface area contributed by atoms with Gasteiger partial charge in [-0.2, -0.15) is 0 Å². The van der Waals surface area contributed by atoms with Crippen LogP contribution in [0.2, 0.25) is 0 Å². The molecule has 0 saturated heterocycles. The van der Waals surface area contributed by atoms with Crippen LogP contribution in [0.3, 0.4) is 0 Å². The molecule has 0 bridgehead atoms. The summed E-state index contributed by atoms with van der Waals surface area (Å²) in [7, 11) is 0. The van der Waals surface area contributed by atoms with Crippen molar-refractivity contribution in [1.82, 2.24) is 20.2 Å². The Labute approximate surface area is 174 Å². The van der Waals surface area contributed by atoms with Gasteiger partial charge < -0.3 is 20.3 Å². The molecule has 0 aliphatic rings. The first-order valence-electron chi connectivity index (χ1n) is 10.7. The summed E-state index contributed by atoms with van der Waals surface area (Å²) in [4.78, 5) is 16.1. The van der Waals surface area contributed by atoms with Gasteiger partial charge in [0, 0.05) is 25.5 Å². The lowest BCUT2D eigenvalue weighted by Gasteiger charge is -2.30. The Bertz CT molecular complexity index is 700. The summed E-state index contributed by atoms with van der Waals surface area (Å²) in [6.07, 6.45) is 11.5. The second-order valence-electron chi connectivity index (χ2n) is 7.86. The summed E-state index contributed by atoms with van der Waals surface area (Å²) in [6.45, 7) is 6.62. The van der Waals surface area contributed by atoms with Crippen LogP contribution in [0.25, 0.3) is 0 Å². The number of nitrogens with one attached hydrogen (secondary N) is 2. The van der Waals surface area contributed by atoms with Crippen LogP contribution in [0.1, 0.15) is 57.1 Å². The van der Waals surface area contributed by atoms with Crippen molar-refractivity contribution >= 4 is 5.91 Å². The van der Waals surface area contributed by atoms with Gasteiger partial charge in [-0.05, 0) is 37.4 Å². The van der Waals surface area contributed by atoms with Crippen molar-refractivity contribution in [1.29, 1.82) is 0 Å². The molecule has 3 N–H and O–H groups in total. The maximum atomic E-state index is 12.1. The van der Waals surface area contributed by atoms with Gasteiger partial charge >= 0.3 is 0 Å². The monoisotopic (exact) mass is 400 g/mol. The Morgan fingerprint density at radius 2 is 1.93 bits per heavy atom. The topological polar surface area (TPSA) is 79.2 Å². The highest BCUT2D eigenvalue weighted by Crippen LogP contribution is 2.21. The van der Waals surface area contributed by atoms with Gasteiger partial charge in [0.2, 0.25) is 5.91 Å². The molecule has 160 valence electrons. The van der Waals surface area contributed by atoms with E-state index in [1.54, 1.807) is 6.20 Å². The summed E-state index contributed by atoms with van der Waals surface area (Å²) in [5.74, 6) is 0.0665. The lowest BCUT2D eigenvalue weighted by atomic mass is 9.91. The predicted octanol–water partition coefficient (Wildman–Crippen LogP) is 3.01. The molecule has 2 aromatic rings. The average Bonchev–Trinajstić information content (AvgIpc) is 3.25. The fourth-order valence-electron chi connectivity index (χ4n) is 3.31. The van der Waals surface area contributed by atoms with Gasteiger partial charge in [0.15, 0.2) is 0 Å². The Morgan fingerprint density at radius 3 is 2.59 bits per heavy atom. The summed E-state index contributed by atoms with van der Waals surface area (Å²) in [5.41, 5.74) is 1.50. The van der Waals surface area contributed by atoms with Crippen LogP contribution in [-0.2, 0) is 23.3 Å². The molecular weight excluding hydrogens is 364 g/mol. The Hall–Kier alpha value is -2.18. The van der Waals surface area contributed by atoms with E-state index >= 15 is 0 Å². The zero-order chi connectivity index (χ0) is 21.0. The van der Waals surface area contributed by atoms with E-state index in [4.69, 9.17) is 0 Å². The molecule has 0 spiro atoms. The molecular formula is C23H36N4O2. The second-order valence-corrected chi connectivity index (χ2v) is 7.86. The highest BCUT2D eigenvalue weighted by atomic mass is 16.3. The molecule has 1 aromatic carbocycles. The van der Waals surface area contributed by atoms with E-state index in [0.717, 1.165) is 43.6 Å². The number of hydrogen-bond donors (Lipinski definition) is 3. The number of unbranched alkanes of at least 4 members (excludes halogenated alkanes) is 3. The van der Waals surface area contributed by atoms with Crippen molar-refractivity contribution in [3.8, 4) is 0 Å². The number of amides is 1. The molecule has 0 aliphatic carbocycles. The van der Waals surface area contributed by atoms with E-state index < -0.39 is 5.54 Å². The third kappa shape index (κ3) is 7.99. The standard InChI is InChI=1S/C23H36N4O2/c1-3-4-5-6-12-25-22(29)17-20-8-10-21(11-9-20)23(2,18-28)26-13-7-15-27-16-14-24-19-27/h8-11,14,16,19,26,28H,3-7,12-13,15,17-18H2,1-2H3,(H,25,29). The minimum atomic E-state index is -0.505. The van der Waals surface area contributed by atoms with E-state index in [-0.39, 0.29) is 12.5 Å². The summed E-state index contributed by atoms with van der Waals surface area (Å²) >= 11 is 0. The lowest BCUT2D eigenvalue weighted by Crippen LogP contribution is -2.43. The molecule has 1 amide bonds. The number of aromatic nitrogens is 2. The fraction of sp³-hybridized carbons (Fsp3) is 0.565. The summed E-state index contributed by atoms with van der Waals surface area (Å²) in [5, 5.41) is 16.4. The van der Waals surface area contributed by atoms with E-state index in [0.29, 0.717) is 6.42 Å². The number of benzene rings is 1. The van der Waals surface area contributed by atoms with Crippen molar-refractivity contribution in [2.24, 2.45) is 0 Å². The molecule has 1 heterocycles. The van der Waals surface area contributed by atoms with Crippen LogP contribution < -0.4 is 10.6 Å². The third-order valence-corrected chi connectivity index (χ3v) is 5.29. The number of carbonyl (C=O) groups excluding carboxylic acids is 1. The van der Waals surface area contributed by atoms with E-state index in [1.807, 2.05) is 48.3 Å². The van der Waals surface area contributed by atoms with Gasteiger partial charge in [-0.15, -0.1) is 0 Å². The van der Waals surface area contributed by atoms with Gasteiger partial charge in [-0.1, -0.05) is 50.5 Å². The first-order valence-corrected chi connectivity index (χ1v) is 10.7. The minimum Gasteiger partial charge on any atom is -0.394 e. The molecule has 1 unspecified atom stereocenters. The zero-order valence-corrected chi connectivity index (χ0v) is 17.9. The van der Waals surface area contributed by atoms with Crippen LogP contribution in [0.4, 0.5) is 0 Å². The molecule has 29 heavy (non-hydrogen) atoms. The minimum absolute atomic E-state index is 0.00959. The second kappa shape index (κ2) is 12.4. The van der Waals surface area contributed by atoms with E-state index in [2.05, 4.69) is 22.5 Å². The number of aryl methyl sites for hydroxylation is 1. The maximum absolute atomic E-state index is 12.1. The predicted molar refractivity (Wildman–Crippen MR) is 117 cm³/mol. The number of rotatable bonds is 14. The molecule has 0 aliphatic heterocycles. The summed E-state index contributed by atoms with van der Waals surface area (Å²) < 4.78 is 2.04. The first kappa shape index (κ1) is 23.1. The smallest absolute Gasteiger partial charge is 0.224 e. The molecule has 6 heteroatoms. The third-order valence-electron chi connectivity index (χ3n) is 5.29. The van der Waals surface area contributed by atoms with Gasteiger partial charge in [0.25, 0.3) is 0 Å². The van der Waals surface area contributed by atoms with Gasteiger partial charge in [0.05, 0.1) is 24.9 Å². The quantitative estimate of drug-likeness (QED) is 0.426. The van der Waals surface area contributed by atoms with Crippen LogP contribution >= 0.6 is 0 Å². The van der Waals surface area contributed by atoms with Crippen molar-refractivity contribution in [3.05, 3.63) is 54.1 Å². The zero-order valence-electron chi connectivity index (χ0n) is 17.9. The molecule has 0 saturated carbocycles. The number of imidazole rings is 1. The number of nitrogens with zero attached hydrogens (tertiary/aromatic N) is 2. The fourth-order valence-corrected chi connectivity index (χ4v) is 3.31. The SMILES string of the molecule is CCCCCCNC(=O)Cc1ccc(C(C)(CO)NCCCn2ccnc2)cc1. The van der Waals surface area contributed by atoms with Crippen LogP contribution in [0.15, 0.2) is 43.0 Å². The molecule has 1 aromatic heterocycles. The van der Waals surface area contributed by atoms with Crippen LogP contribution in [0.5, 0.6) is 0 Å². The lowest BCUT2D eigenvalue weighted by molar-refractivity contribution is -0.120. The Balaban J connectivity index is 1.78. The number of aliphatic hydroxyl groups excluding tert-OH is 1.